The van der Waals surface area contributed by atoms with Crippen LogP contribution in [0, 0.1) is 10.1 Å². The van der Waals surface area contributed by atoms with Crippen molar-refractivity contribution in [3.05, 3.63) is 93.2 Å². The summed E-state index contributed by atoms with van der Waals surface area (Å²) in [5, 5.41) is 10.9. The lowest BCUT2D eigenvalue weighted by atomic mass is 10.1. The van der Waals surface area contributed by atoms with Crippen LogP contribution in [0.4, 0.5) is 5.69 Å². The molecule has 0 spiro atoms. The summed E-state index contributed by atoms with van der Waals surface area (Å²) in [4.78, 5) is 27.1. The predicted octanol–water partition coefficient (Wildman–Crippen LogP) is 4.89. The molecule has 0 atom stereocenters. The maximum Gasteiger partial charge on any atom is 0.343 e. The van der Waals surface area contributed by atoms with Crippen molar-refractivity contribution in [1.29, 1.82) is 0 Å². The topological polar surface area (TPSA) is 86.7 Å². The van der Waals surface area contributed by atoms with Crippen molar-refractivity contribution in [2.75, 3.05) is 0 Å². The quantitative estimate of drug-likeness (QED) is 0.196. The van der Waals surface area contributed by atoms with Crippen LogP contribution in [0.5, 0.6) is 5.75 Å². The lowest BCUT2D eigenvalue weighted by Gasteiger charge is -2.05. The zero-order chi connectivity index (χ0) is 19.7. The van der Waals surface area contributed by atoms with Crippen molar-refractivity contribution >= 4 is 33.2 Å². The number of ether oxygens (including phenoxy) is 1. The summed E-state index contributed by atoms with van der Waals surface area (Å²) in [5.41, 5.74) is 2.51. The fraction of sp³-hybridized carbons (Fsp3) is 0. The largest absolute Gasteiger partial charge is 0.423 e. The zero-order valence-corrected chi connectivity index (χ0v) is 15.9. The highest BCUT2D eigenvalue weighted by atomic mass is 79.9. The van der Waals surface area contributed by atoms with Crippen molar-refractivity contribution in [1.82, 2.24) is 9.38 Å². The Balaban J connectivity index is 1.54. The molecule has 0 saturated carbocycles. The van der Waals surface area contributed by atoms with Crippen LogP contribution in [0.25, 0.3) is 16.9 Å². The van der Waals surface area contributed by atoms with E-state index in [4.69, 9.17) is 4.74 Å². The van der Waals surface area contributed by atoms with E-state index in [1.54, 1.807) is 65.2 Å². The molecule has 0 N–H and O–H groups in total. The number of imidazole rings is 1. The molecule has 0 fully saturated rings. The Bertz CT molecular complexity index is 1180. The van der Waals surface area contributed by atoms with Crippen molar-refractivity contribution < 1.29 is 14.5 Å². The molecule has 4 aromatic rings. The average molecular weight is 438 g/mol. The van der Waals surface area contributed by atoms with E-state index in [-0.39, 0.29) is 5.69 Å². The van der Waals surface area contributed by atoms with Gasteiger partial charge in [0, 0.05) is 22.3 Å². The van der Waals surface area contributed by atoms with Crippen molar-refractivity contribution in [2.24, 2.45) is 0 Å². The predicted molar refractivity (Wildman–Crippen MR) is 106 cm³/mol. The third-order valence-corrected chi connectivity index (χ3v) is 4.62. The van der Waals surface area contributed by atoms with Crippen LogP contribution in [0.2, 0.25) is 0 Å². The minimum Gasteiger partial charge on any atom is -0.423 e. The monoisotopic (exact) mass is 437 g/mol. The number of hydrogen-bond acceptors (Lipinski definition) is 5. The minimum atomic E-state index is -0.451. The molecule has 0 aliphatic rings. The van der Waals surface area contributed by atoms with E-state index in [1.807, 2.05) is 0 Å². The third-order valence-electron chi connectivity index (χ3n) is 4.09. The van der Waals surface area contributed by atoms with Gasteiger partial charge in [0.2, 0.25) is 0 Å². The molecule has 2 heterocycles. The fourth-order valence-corrected chi connectivity index (χ4v) is 2.94. The average Bonchev–Trinajstić information content (AvgIpc) is 3.12. The number of carbonyl (C=O) groups is 1. The van der Waals surface area contributed by atoms with Crippen LogP contribution >= 0.6 is 15.9 Å². The second-order valence-electron chi connectivity index (χ2n) is 5.96. The van der Waals surface area contributed by atoms with Crippen LogP contribution in [-0.2, 0) is 0 Å². The summed E-state index contributed by atoms with van der Waals surface area (Å²) in [7, 11) is 0. The van der Waals surface area contributed by atoms with Gasteiger partial charge in [-0.1, -0.05) is 15.9 Å². The van der Waals surface area contributed by atoms with E-state index in [0.717, 1.165) is 10.0 Å². The summed E-state index contributed by atoms with van der Waals surface area (Å²) >= 11 is 3.32. The van der Waals surface area contributed by atoms with Gasteiger partial charge in [-0.05, 0) is 54.6 Å². The minimum absolute atomic E-state index is 0.00773. The van der Waals surface area contributed by atoms with E-state index >= 15 is 0 Å². The molecule has 4 rings (SSSR count). The molecule has 0 saturated heterocycles. The Kier molecular flexibility index (Phi) is 4.62. The van der Waals surface area contributed by atoms with Gasteiger partial charge in [0.25, 0.3) is 5.69 Å². The first-order valence-corrected chi connectivity index (χ1v) is 9.00. The molecule has 8 heteroatoms. The standard InChI is InChI=1S/C20H12BrN3O4/c21-15-5-1-14(2-6-15)20(25)28-17-8-3-13(4-9-17)18-12-23-11-16(24(26)27)7-10-19(23)22-18/h1-12H. The first kappa shape index (κ1) is 17.9. The van der Waals surface area contributed by atoms with Gasteiger partial charge in [0.05, 0.1) is 22.4 Å². The maximum atomic E-state index is 12.2. The Hall–Kier alpha value is -3.52. The fourth-order valence-electron chi connectivity index (χ4n) is 2.67. The van der Waals surface area contributed by atoms with E-state index in [9.17, 15) is 14.9 Å². The number of rotatable bonds is 4. The third kappa shape index (κ3) is 3.63. The van der Waals surface area contributed by atoms with Gasteiger partial charge in [-0.15, -0.1) is 0 Å². The molecule has 28 heavy (non-hydrogen) atoms. The van der Waals surface area contributed by atoms with Gasteiger partial charge in [0.1, 0.15) is 11.4 Å². The SMILES string of the molecule is O=C(Oc1ccc(-c2cn3cc([N+](=O)[O-])ccc3n2)cc1)c1ccc(Br)cc1. The molecular formula is C20H12BrN3O4. The number of pyridine rings is 1. The smallest absolute Gasteiger partial charge is 0.343 e. The van der Waals surface area contributed by atoms with E-state index in [1.165, 1.54) is 12.3 Å². The van der Waals surface area contributed by atoms with Crippen LogP contribution in [-0.4, -0.2) is 20.3 Å². The number of halogens is 1. The number of fused-ring (bicyclic) bond motifs is 1. The molecular weight excluding hydrogens is 426 g/mol. The van der Waals surface area contributed by atoms with Crippen LogP contribution in [0.3, 0.4) is 0 Å². The molecule has 0 aliphatic heterocycles. The van der Waals surface area contributed by atoms with Gasteiger partial charge in [-0.25, -0.2) is 9.78 Å². The lowest BCUT2D eigenvalue weighted by Crippen LogP contribution is -2.08. The molecule has 0 amide bonds. The number of nitro groups is 1. The first-order valence-electron chi connectivity index (χ1n) is 8.21. The Morgan fingerprint density at radius 2 is 1.71 bits per heavy atom. The Morgan fingerprint density at radius 1 is 1.00 bits per heavy atom. The number of nitrogens with zero attached hydrogens (tertiary/aromatic N) is 3. The second kappa shape index (κ2) is 7.24. The van der Waals surface area contributed by atoms with Crippen molar-refractivity contribution in [3.63, 3.8) is 0 Å². The van der Waals surface area contributed by atoms with E-state index in [2.05, 4.69) is 20.9 Å². The van der Waals surface area contributed by atoms with E-state index < -0.39 is 10.9 Å². The number of carbonyl (C=O) groups excluding carboxylic acids is 1. The lowest BCUT2D eigenvalue weighted by molar-refractivity contribution is -0.385. The number of esters is 1. The van der Waals surface area contributed by atoms with Gasteiger partial charge < -0.3 is 4.74 Å². The molecule has 138 valence electrons. The normalized spacial score (nSPS) is 10.8. The summed E-state index contributed by atoms with van der Waals surface area (Å²) < 4.78 is 7.86. The molecule has 0 unspecified atom stereocenters. The molecule has 0 aliphatic carbocycles. The maximum absolute atomic E-state index is 12.2. The molecule has 7 nitrogen and oxygen atoms in total. The number of benzene rings is 2. The molecule has 2 aromatic carbocycles. The van der Waals surface area contributed by atoms with Crippen molar-refractivity contribution in [3.8, 4) is 17.0 Å². The van der Waals surface area contributed by atoms with Gasteiger partial charge in [-0.3, -0.25) is 14.5 Å². The summed E-state index contributed by atoms with van der Waals surface area (Å²) in [6, 6.07) is 16.8. The van der Waals surface area contributed by atoms with Crippen LogP contribution < -0.4 is 4.74 Å². The van der Waals surface area contributed by atoms with Crippen LogP contribution in [0.15, 0.2) is 77.5 Å². The summed E-state index contributed by atoms with van der Waals surface area (Å²) in [6.45, 7) is 0. The van der Waals surface area contributed by atoms with Crippen molar-refractivity contribution in [2.45, 2.75) is 0 Å². The highest BCUT2D eigenvalue weighted by molar-refractivity contribution is 9.10. The first-order chi connectivity index (χ1) is 13.5. The molecule has 0 bridgehead atoms. The summed E-state index contributed by atoms with van der Waals surface area (Å²) in [5.74, 6) is -0.0311. The van der Waals surface area contributed by atoms with Gasteiger partial charge in [-0.2, -0.15) is 0 Å². The summed E-state index contributed by atoms with van der Waals surface area (Å²) in [6.07, 6.45) is 3.13. The van der Waals surface area contributed by atoms with Gasteiger partial charge in [0.15, 0.2) is 0 Å². The number of hydrogen-bond donors (Lipinski definition) is 0. The van der Waals surface area contributed by atoms with Crippen LogP contribution in [0.1, 0.15) is 10.4 Å². The highest BCUT2D eigenvalue weighted by Crippen LogP contribution is 2.24. The Labute approximate surface area is 167 Å². The van der Waals surface area contributed by atoms with E-state index in [0.29, 0.717) is 22.7 Å². The highest BCUT2D eigenvalue weighted by Gasteiger charge is 2.11. The Morgan fingerprint density at radius 3 is 2.39 bits per heavy atom. The molecule has 0 radical (unpaired) electrons. The number of aromatic nitrogens is 2. The molecule has 2 aromatic heterocycles. The second-order valence-corrected chi connectivity index (χ2v) is 6.87. The zero-order valence-electron chi connectivity index (χ0n) is 14.3. The van der Waals surface area contributed by atoms with Gasteiger partial charge >= 0.3 is 5.97 Å².